The first-order valence-corrected chi connectivity index (χ1v) is 9.95. The molecular weight excluding hydrogens is 411 g/mol. The van der Waals surface area contributed by atoms with Crippen LogP contribution in [-0.4, -0.2) is 36.7 Å². The Morgan fingerprint density at radius 3 is 2.63 bits per heavy atom. The van der Waals surface area contributed by atoms with Crippen molar-refractivity contribution in [1.82, 2.24) is 10.2 Å². The van der Waals surface area contributed by atoms with E-state index in [2.05, 4.69) is 5.32 Å². The number of hydrogen-bond donors (Lipinski definition) is 1. The molecule has 8 heteroatoms. The zero-order valence-electron chi connectivity index (χ0n) is 16.7. The number of carbonyl (C=O) groups excluding carboxylic acids is 2. The monoisotopic (exact) mass is 432 g/mol. The highest BCUT2D eigenvalue weighted by Gasteiger charge is 2.38. The van der Waals surface area contributed by atoms with Gasteiger partial charge in [0, 0.05) is 11.6 Å². The van der Waals surface area contributed by atoms with E-state index in [9.17, 15) is 14.0 Å². The predicted octanol–water partition coefficient (Wildman–Crippen LogP) is 4.46. The number of para-hydroxylation sites is 1. The molecule has 0 fully saturated rings. The molecule has 1 N–H and O–H groups in total. The van der Waals surface area contributed by atoms with Gasteiger partial charge in [0.05, 0.1) is 23.9 Å². The largest absolute Gasteiger partial charge is 0.484 e. The highest BCUT2D eigenvalue weighted by atomic mass is 35.5. The molecule has 2 aromatic rings. The minimum Gasteiger partial charge on any atom is -0.484 e. The maximum atomic E-state index is 14.0. The van der Waals surface area contributed by atoms with E-state index >= 15 is 0 Å². The number of likely N-dealkylation sites (N-methyl/N-ethyl adjacent to an activating group) is 1. The van der Waals surface area contributed by atoms with Gasteiger partial charge in [0.25, 0.3) is 0 Å². The Bertz CT molecular complexity index is 979. The Kier molecular flexibility index (Phi) is 6.95. The second-order valence-electron chi connectivity index (χ2n) is 6.48. The van der Waals surface area contributed by atoms with Gasteiger partial charge in [0.15, 0.2) is 11.6 Å². The quantitative estimate of drug-likeness (QED) is 0.656. The molecule has 0 aliphatic carbocycles. The SMILES string of the molecule is CCOC(=O)C1=C(COc2ccccc2F)N(CC)C(=O)N[C@H]1c1cccc(Cl)c1. The molecular formula is C22H22ClFN2O4. The molecule has 0 spiro atoms. The molecule has 1 aliphatic rings. The fraction of sp³-hybridized carbons (Fsp3) is 0.273. The lowest BCUT2D eigenvalue weighted by Gasteiger charge is -2.36. The number of carbonyl (C=O) groups is 2. The minimum atomic E-state index is -0.780. The van der Waals surface area contributed by atoms with E-state index in [1.807, 2.05) is 0 Å². The van der Waals surface area contributed by atoms with Crippen molar-refractivity contribution >= 4 is 23.6 Å². The van der Waals surface area contributed by atoms with Crippen LogP contribution < -0.4 is 10.1 Å². The fourth-order valence-corrected chi connectivity index (χ4v) is 3.49. The molecule has 0 aromatic heterocycles. The topological polar surface area (TPSA) is 67.9 Å². The number of esters is 1. The van der Waals surface area contributed by atoms with E-state index < -0.39 is 23.9 Å². The van der Waals surface area contributed by atoms with Gasteiger partial charge in [0.2, 0.25) is 0 Å². The van der Waals surface area contributed by atoms with Crippen LogP contribution in [0.15, 0.2) is 59.8 Å². The first kappa shape index (κ1) is 21.6. The van der Waals surface area contributed by atoms with Crippen LogP contribution in [0.3, 0.4) is 0 Å². The second kappa shape index (κ2) is 9.63. The van der Waals surface area contributed by atoms with Gasteiger partial charge in [-0.1, -0.05) is 35.9 Å². The smallest absolute Gasteiger partial charge is 0.338 e. The number of hydrogen-bond acceptors (Lipinski definition) is 4. The predicted molar refractivity (Wildman–Crippen MR) is 111 cm³/mol. The number of benzene rings is 2. The molecule has 0 bridgehead atoms. The average molecular weight is 433 g/mol. The molecule has 3 rings (SSSR count). The number of amides is 2. The summed E-state index contributed by atoms with van der Waals surface area (Å²) >= 11 is 6.12. The van der Waals surface area contributed by atoms with E-state index in [0.29, 0.717) is 16.3 Å². The van der Waals surface area contributed by atoms with Gasteiger partial charge in [0.1, 0.15) is 6.61 Å². The Labute approximate surface area is 179 Å². The summed E-state index contributed by atoms with van der Waals surface area (Å²) in [6.07, 6.45) is 0. The van der Waals surface area contributed by atoms with E-state index in [1.54, 1.807) is 50.2 Å². The summed E-state index contributed by atoms with van der Waals surface area (Å²) < 4.78 is 24.9. The molecule has 0 radical (unpaired) electrons. The van der Waals surface area contributed by atoms with Crippen LogP contribution in [-0.2, 0) is 9.53 Å². The molecule has 158 valence electrons. The van der Waals surface area contributed by atoms with Crippen molar-refractivity contribution in [1.29, 1.82) is 0 Å². The number of rotatable bonds is 7. The van der Waals surface area contributed by atoms with Crippen LogP contribution in [0, 0.1) is 5.82 Å². The van der Waals surface area contributed by atoms with Crippen LogP contribution >= 0.6 is 11.6 Å². The molecule has 6 nitrogen and oxygen atoms in total. The Morgan fingerprint density at radius 2 is 1.97 bits per heavy atom. The van der Waals surface area contributed by atoms with Crippen molar-refractivity contribution in [3.63, 3.8) is 0 Å². The molecule has 1 heterocycles. The Hall–Kier alpha value is -3.06. The van der Waals surface area contributed by atoms with E-state index in [4.69, 9.17) is 21.1 Å². The van der Waals surface area contributed by atoms with Crippen molar-refractivity contribution in [3.8, 4) is 5.75 Å². The van der Waals surface area contributed by atoms with E-state index in [0.717, 1.165) is 0 Å². The summed E-state index contributed by atoms with van der Waals surface area (Å²) in [5.74, 6) is -1.10. The third-order valence-electron chi connectivity index (χ3n) is 4.63. The van der Waals surface area contributed by atoms with E-state index in [-0.39, 0.29) is 31.1 Å². The molecule has 2 amide bonds. The lowest BCUT2D eigenvalue weighted by molar-refractivity contribution is -0.139. The summed E-state index contributed by atoms with van der Waals surface area (Å²) in [6.45, 7) is 3.72. The molecule has 1 aliphatic heterocycles. The molecule has 1 atom stereocenters. The first-order chi connectivity index (χ1) is 14.5. The van der Waals surface area contributed by atoms with Gasteiger partial charge in [-0.05, 0) is 43.7 Å². The molecule has 0 unspecified atom stereocenters. The van der Waals surface area contributed by atoms with Gasteiger partial charge in [-0.15, -0.1) is 0 Å². The summed E-state index contributed by atoms with van der Waals surface area (Å²) in [6, 6.07) is 11.6. The number of nitrogens with one attached hydrogen (secondary N) is 1. The number of halogens is 2. The highest BCUT2D eigenvalue weighted by Crippen LogP contribution is 2.33. The normalized spacial score (nSPS) is 16.3. The van der Waals surface area contributed by atoms with Crippen molar-refractivity contribution in [2.24, 2.45) is 0 Å². The fourth-order valence-electron chi connectivity index (χ4n) is 3.29. The van der Waals surface area contributed by atoms with Gasteiger partial charge in [-0.2, -0.15) is 0 Å². The van der Waals surface area contributed by atoms with Crippen molar-refractivity contribution in [2.75, 3.05) is 19.8 Å². The second-order valence-corrected chi connectivity index (χ2v) is 6.92. The van der Waals surface area contributed by atoms with Crippen molar-refractivity contribution in [2.45, 2.75) is 19.9 Å². The summed E-state index contributed by atoms with van der Waals surface area (Å²) in [4.78, 5) is 27.1. The van der Waals surface area contributed by atoms with Gasteiger partial charge in [-0.3, -0.25) is 4.90 Å². The molecule has 30 heavy (non-hydrogen) atoms. The van der Waals surface area contributed by atoms with Crippen LogP contribution in [0.25, 0.3) is 0 Å². The number of ether oxygens (including phenoxy) is 2. The van der Waals surface area contributed by atoms with Crippen LogP contribution in [0.4, 0.5) is 9.18 Å². The number of urea groups is 1. The Balaban J connectivity index is 2.09. The van der Waals surface area contributed by atoms with Crippen LogP contribution in [0.5, 0.6) is 5.75 Å². The van der Waals surface area contributed by atoms with Gasteiger partial charge >= 0.3 is 12.0 Å². The maximum Gasteiger partial charge on any atom is 0.338 e. The lowest BCUT2D eigenvalue weighted by atomic mass is 9.94. The maximum absolute atomic E-state index is 14.0. The first-order valence-electron chi connectivity index (χ1n) is 9.57. The lowest BCUT2D eigenvalue weighted by Crippen LogP contribution is -2.49. The zero-order chi connectivity index (χ0) is 21.7. The third kappa shape index (κ3) is 4.57. The van der Waals surface area contributed by atoms with Gasteiger partial charge in [-0.25, -0.2) is 14.0 Å². The third-order valence-corrected chi connectivity index (χ3v) is 4.87. The van der Waals surface area contributed by atoms with Crippen LogP contribution in [0.1, 0.15) is 25.5 Å². The minimum absolute atomic E-state index is 0.0227. The van der Waals surface area contributed by atoms with E-state index in [1.165, 1.54) is 17.0 Å². The highest BCUT2D eigenvalue weighted by molar-refractivity contribution is 6.30. The van der Waals surface area contributed by atoms with Crippen molar-refractivity contribution in [3.05, 3.63) is 76.2 Å². The summed E-state index contributed by atoms with van der Waals surface area (Å²) in [5.41, 5.74) is 1.16. The number of nitrogens with zero attached hydrogens (tertiary/aromatic N) is 1. The molecule has 0 saturated carbocycles. The average Bonchev–Trinajstić information content (AvgIpc) is 2.72. The standard InChI is InChI=1S/C22H22ClFN2O4/c1-3-26-17(13-30-18-11-6-5-10-16(18)24)19(21(27)29-4-2)20(25-22(26)28)14-8-7-9-15(23)12-14/h5-12,20H,3-4,13H2,1-2H3,(H,25,28)/t20-/m0/s1. The Morgan fingerprint density at radius 1 is 1.20 bits per heavy atom. The molecule has 0 saturated heterocycles. The van der Waals surface area contributed by atoms with Gasteiger partial charge < -0.3 is 14.8 Å². The van der Waals surface area contributed by atoms with Crippen molar-refractivity contribution < 1.29 is 23.5 Å². The van der Waals surface area contributed by atoms with Crippen LogP contribution in [0.2, 0.25) is 5.02 Å². The summed E-state index contributed by atoms with van der Waals surface area (Å²) in [5, 5.41) is 3.29. The molecule has 2 aromatic carbocycles. The summed E-state index contributed by atoms with van der Waals surface area (Å²) in [7, 11) is 0. The zero-order valence-corrected chi connectivity index (χ0v) is 17.4.